The van der Waals surface area contributed by atoms with Crippen LogP contribution >= 0.6 is 0 Å². The van der Waals surface area contributed by atoms with Crippen molar-refractivity contribution in [3.8, 4) is 17.3 Å². The standard InChI is InChI=1S/C26H30N6O3/c1-4-14-35-20-9-8-18(15-21(20)34-3)19-16-24(33)27-26-25(19)17(2)30-32(26)23-11-10-22(28-29-23)31-12-6-5-7-13-31/h4,8-11,15,19H,1,5-7,12-14,16H2,2-3H3,(H,27,33)/t19-/m1/s1. The normalized spacial score (nSPS) is 17.5. The van der Waals surface area contributed by atoms with Gasteiger partial charge in [-0.15, -0.1) is 10.2 Å². The fourth-order valence-electron chi connectivity index (χ4n) is 4.89. The fourth-order valence-corrected chi connectivity index (χ4v) is 4.89. The number of aromatic nitrogens is 4. The molecule has 2 aliphatic rings. The van der Waals surface area contributed by atoms with Gasteiger partial charge in [0.2, 0.25) is 5.91 Å². The molecule has 0 saturated carbocycles. The van der Waals surface area contributed by atoms with E-state index in [-0.39, 0.29) is 11.8 Å². The topological polar surface area (TPSA) is 94.4 Å². The van der Waals surface area contributed by atoms with Gasteiger partial charge in [0.1, 0.15) is 12.4 Å². The van der Waals surface area contributed by atoms with Crippen LogP contribution in [0.1, 0.15) is 48.4 Å². The van der Waals surface area contributed by atoms with Crippen LogP contribution in [0.15, 0.2) is 43.0 Å². The average molecular weight is 475 g/mol. The van der Waals surface area contributed by atoms with Gasteiger partial charge < -0.3 is 19.7 Å². The summed E-state index contributed by atoms with van der Waals surface area (Å²) in [6.45, 7) is 8.03. The van der Waals surface area contributed by atoms with Crippen LogP contribution in [0.4, 0.5) is 11.6 Å². The molecule has 0 bridgehead atoms. The van der Waals surface area contributed by atoms with Gasteiger partial charge in [-0.1, -0.05) is 18.7 Å². The van der Waals surface area contributed by atoms with Crippen molar-refractivity contribution in [1.82, 2.24) is 20.0 Å². The molecule has 0 unspecified atom stereocenters. The second-order valence-corrected chi connectivity index (χ2v) is 8.87. The number of ether oxygens (including phenoxy) is 2. The summed E-state index contributed by atoms with van der Waals surface area (Å²) in [4.78, 5) is 15.0. The molecule has 1 amide bonds. The number of hydrogen-bond donors (Lipinski definition) is 1. The molecule has 2 aromatic heterocycles. The molecule has 0 radical (unpaired) electrons. The van der Waals surface area contributed by atoms with E-state index in [0.29, 0.717) is 36.2 Å². The van der Waals surface area contributed by atoms with Gasteiger partial charge in [0, 0.05) is 31.0 Å². The van der Waals surface area contributed by atoms with E-state index in [1.807, 2.05) is 37.3 Å². The number of piperidine rings is 1. The Balaban J connectivity index is 1.49. The highest BCUT2D eigenvalue weighted by atomic mass is 16.5. The summed E-state index contributed by atoms with van der Waals surface area (Å²) >= 11 is 0. The number of fused-ring (bicyclic) bond motifs is 1. The maximum Gasteiger partial charge on any atom is 0.226 e. The molecule has 1 fully saturated rings. The number of amides is 1. The highest BCUT2D eigenvalue weighted by molar-refractivity contribution is 5.95. The van der Waals surface area contributed by atoms with Crippen molar-refractivity contribution in [2.24, 2.45) is 0 Å². The maximum absolute atomic E-state index is 12.8. The quantitative estimate of drug-likeness (QED) is 0.517. The minimum Gasteiger partial charge on any atom is -0.493 e. The van der Waals surface area contributed by atoms with Crippen LogP contribution in [0.3, 0.4) is 0 Å². The van der Waals surface area contributed by atoms with Gasteiger partial charge >= 0.3 is 0 Å². The van der Waals surface area contributed by atoms with E-state index < -0.39 is 0 Å². The molecule has 1 saturated heterocycles. The Kier molecular flexibility index (Phi) is 6.39. The zero-order valence-corrected chi connectivity index (χ0v) is 20.2. The number of aryl methyl sites for hydroxylation is 1. The monoisotopic (exact) mass is 474 g/mol. The van der Waals surface area contributed by atoms with Crippen LogP contribution in [0.25, 0.3) is 5.82 Å². The molecule has 0 spiro atoms. The molecule has 0 aliphatic carbocycles. The van der Waals surface area contributed by atoms with Crippen LogP contribution in [-0.2, 0) is 4.79 Å². The van der Waals surface area contributed by atoms with Crippen molar-refractivity contribution >= 4 is 17.5 Å². The van der Waals surface area contributed by atoms with Crippen LogP contribution < -0.4 is 19.7 Å². The third kappa shape index (κ3) is 4.45. The summed E-state index contributed by atoms with van der Waals surface area (Å²) in [6.07, 6.45) is 5.61. The van der Waals surface area contributed by atoms with Gasteiger partial charge in [0.05, 0.1) is 12.8 Å². The molecule has 2 aliphatic heterocycles. The predicted octanol–water partition coefficient (Wildman–Crippen LogP) is 4.01. The van der Waals surface area contributed by atoms with Gasteiger partial charge in [-0.05, 0) is 56.0 Å². The van der Waals surface area contributed by atoms with Crippen LogP contribution in [0, 0.1) is 6.92 Å². The lowest BCUT2D eigenvalue weighted by molar-refractivity contribution is -0.116. The van der Waals surface area contributed by atoms with Gasteiger partial charge in [0.25, 0.3) is 0 Å². The first-order valence-corrected chi connectivity index (χ1v) is 12.0. The van der Waals surface area contributed by atoms with Crippen molar-refractivity contribution in [2.45, 2.75) is 38.5 Å². The van der Waals surface area contributed by atoms with E-state index in [2.05, 4.69) is 27.0 Å². The molecule has 3 aromatic rings. The van der Waals surface area contributed by atoms with Gasteiger partial charge in [0.15, 0.2) is 23.1 Å². The SMILES string of the molecule is C=CCOc1ccc([C@H]2CC(=O)Nc3c2c(C)nn3-c2ccc(N3CCCCC3)nn2)cc1OC. The van der Waals surface area contributed by atoms with Crippen LogP contribution in [-0.4, -0.2) is 52.7 Å². The second-order valence-electron chi connectivity index (χ2n) is 8.87. The zero-order chi connectivity index (χ0) is 24.4. The Bertz CT molecular complexity index is 1230. The first-order valence-electron chi connectivity index (χ1n) is 12.0. The molecule has 1 N–H and O–H groups in total. The molecular weight excluding hydrogens is 444 g/mol. The summed E-state index contributed by atoms with van der Waals surface area (Å²) in [7, 11) is 1.61. The van der Waals surface area contributed by atoms with E-state index in [4.69, 9.17) is 14.6 Å². The fraction of sp³-hybridized carbons (Fsp3) is 0.385. The van der Waals surface area contributed by atoms with Crippen molar-refractivity contribution < 1.29 is 14.3 Å². The second kappa shape index (κ2) is 9.77. The minimum absolute atomic E-state index is 0.0764. The summed E-state index contributed by atoms with van der Waals surface area (Å²) in [5, 5.41) is 16.6. The van der Waals surface area contributed by atoms with Gasteiger partial charge in [-0.3, -0.25) is 4.79 Å². The highest BCUT2D eigenvalue weighted by Gasteiger charge is 2.33. The van der Waals surface area contributed by atoms with Crippen LogP contribution in [0.5, 0.6) is 11.5 Å². The Hall–Kier alpha value is -3.88. The highest BCUT2D eigenvalue weighted by Crippen LogP contribution is 2.42. The van der Waals surface area contributed by atoms with Crippen molar-refractivity contribution in [3.63, 3.8) is 0 Å². The van der Waals surface area contributed by atoms with Crippen molar-refractivity contribution in [1.29, 1.82) is 0 Å². The number of rotatable bonds is 7. The molecular formula is C26H30N6O3. The van der Waals surface area contributed by atoms with E-state index in [1.165, 1.54) is 19.3 Å². The summed E-state index contributed by atoms with van der Waals surface area (Å²) in [5.74, 6) is 3.08. The maximum atomic E-state index is 12.8. The van der Waals surface area contributed by atoms with Gasteiger partial charge in [-0.2, -0.15) is 9.78 Å². The van der Waals surface area contributed by atoms with Gasteiger partial charge in [-0.25, -0.2) is 0 Å². The van der Waals surface area contributed by atoms with Crippen LogP contribution in [0.2, 0.25) is 0 Å². The van der Waals surface area contributed by atoms with E-state index in [0.717, 1.165) is 35.7 Å². The molecule has 1 atom stereocenters. The molecule has 9 heteroatoms. The van der Waals surface area contributed by atoms with E-state index >= 15 is 0 Å². The Labute approximate surface area is 204 Å². The largest absolute Gasteiger partial charge is 0.493 e. The third-order valence-electron chi connectivity index (χ3n) is 6.58. The third-order valence-corrected chi connectivity index (χ3v) is 6.58. The molecule has 5 rings (SSSR count). The summed E-state index contributed by atoms with van der Waals surface area (Å²) in [6, 6.07) is 9.65. The number of methoxy groups -OCH3 is 1. The van der Waals surface area contributed by atoms with E-state index in [9.17, 15) is 4.79 Å². The number of nitrogens with zero attached hydrogens (tertiary/aromatic N) is 5. The number of anilines is 2. The summed E-state index contributed by atoms with van der Waals surface area (Å²) < 4.78 is 12.9. The molecule has 1 aromatic carbocycles. The number of hydrogen-bond acceptors (Lipinski definition) is 7. The number of nitrogens with one attached hydrogen (secondary N) is 1. The first-order chi connectivity index (χ1) is 17.1. The zero-order valence-electron chi connectivity index (χ0n) is 20.2. The Morgan fingerprint density at radius 1 is 1.11 bits per heavy atom. The van der Waals surface area contributed by atoms with Crippen molar-refractivity contribution in [3.05, 3.63) is 59.8 Å². The minimum atomic E-state index is -0.171. The number of carbonyl (C=O) groups excluding carboxylic acids is 1. The predicted molar refractivity (Wildman–Crippen MR) is 134 cm³/mol. The summed E-state index contributed by atoms with van der Waals surface area (Å²) in [5.41, 5.74) is 2.75. The Morgan fingerprint density at radius 3 is 2.60 bits per heavy atom. The number of benzene rings is 1. The lowest BCUT2D eigenvalue weighted by atomic mass is 9.85. The first kappa shape index (κ1) is 22.9. The Morgan fingerprint density at radius 2 is 1.89 bits per heavy atom. The molecule has 35 heavy (non-hydrogen) atoms. The lowest BCUT2D eigenvalue weighted by Gasteiger charge is -2.27. The molecule has 4 heterocycles. The smallest absolute Gasteiger partial charge is 0.226 e. The number of carbonyl (C=O) groups is 1. The average Bonchev–Trinajstić information content (AvgIpc) is 3.23. The van der Waals surface area contributed by atoms with E-state index in [1.54, 1.807) is 17.9 Å². The molecule has 182 valence electrons. The molecule has 9 nitrogen and oxygen atoms in total. The van der Waals surface area contributed by atoms with Crippen molar-refractivity contribution in [2.75, 3.05) is 37.0 Å². The lowest BCUT2D eigenvalue weighted by Crippen LogP contribution is -2.30.